The monoisotopic (exact) mass is 209 g/mol. The van der Waals surface area contributed by atoms with Gasteiger partial charge in [-0.1, -0.05) is 12.1 Å². The second kappa shape index (κ2) is 3.91. The Kier molecular flexibility index (Phi) is 2.76. The lowest BCUT2D eigenvalue weighted by Crippen LogP contribution is -2.61. The first-order valence-electron chi connectivity index (χ1n) is 5.17. The summed E-state index contributed by atoms with van der Waals surface area (Å²) in [5.74, 6) is -0.133. The molecule has 0 saturated carbocycles. The van der Waals surface area contributed by atoms with Gasteiger partial charge in [-0.15, -0.1) is 0 Å². The van der Waals surface area contributed by atoms with Crippen LogP contribution < -0.4 is 5.32 Å². The smallest absolute Gasteiger partial charge is 0.126 e. The highest BCUT2D eigenvalue weighted by atomic mass is 19.1. The third-order valence-electron chi connectivity index (χ3n) is 3.22. The SMILES string of the molecule is COC1(Cc2cccc(F)c2C)CNC1. The van der Waals surface area contributed by atoms with Crippen LogP contribution in [-0.2, 0) is 11.2 Å². The van der Waals surface area contributed by atoms with Gasteiger partial charge in [0.2, 0.25) is 0 Å². The fourth-order valence-corrected chi connectivity index (χ4v) is 1.94. The molecule has 1 heterocycles. The summed E-state index contributed by atoms with van der Waals surface area (Å²) in [6.45, 7) is 3.51. The zero-order chi connectivity index (χ0) is 10.9. The van der Waals surface area contributed by atoms with Gasteiger partial charge in [-0.3, -0.25) is 0 Å². The molecule has 1 aliphatic rings. The van der Waals surface area contributed by atoms with Crippen LogP contribution in [0, 0.1) is 12.7 Å². The predicted octanol–water partition coefficient (Wildman–Crippen LogP) is 1.67. The first kappa shape index (κ1) is 10.6. The second-order valence-electron chi connectivity index (χ2n) is 4.19. The van der Waals surface area contributed by atoms with Crippen molar-refractivity contribution in [1.29, 1.82) is 0 Å². The van der Waals surface area contributed by atoms with E-state index in [1.807, 2.05) is 13.0 Å². The van der Waals surface area contributed by atoms with E-state index in [9.17, 15) is 4.39 Å². The maximum absolute atomic E-state index is 13.3. The zero-order valence-electron chi connectivity index (χ0n) is 9.14. The van der Waals surface area contributed by atoms with Gasteiger partial charge in [-0.25, -0.2) is 4.39 Å². The topological polar surface area (TPSA) is 21.3 Å². The summed E-state index contributed by atoms with van der Waals surface area (Å²) < 4.78 is 18.8. The molecule has 0 radical (unpaired) electrons. The Hall–Kier alpha value is -0.930. The van der Waals surface area contributed by atoms with E-state index in [0.29, 0.717) is 0 Å². The Morgan fingerprint density at radius 3 is 2.73 bits per heavy atom. The van der Waals surface area contributed by atoms with Crippen molar-refractivity contribution in [2.75, 3.05) is 20.2 Å². The molecule has 0 amide bonds. The summed E-state index contributed by atoms with van der Waals surface area (Å²) in [6, 6.07) is 5.22. The third kappa shape index (κ3) is 1.90. The number of rotatable bonds is 3. The van der Waals surface area contributed by atoms with Gasteiger partial charge in [0.15, 0.2) is 0 Å². The molecule has 1 N–H and O–H groups in total. The van der Waals surface area contributed by atoms with Crippen molar-refractivity contribution < 1.29 is 9.13 Å². The van der Waals surface area contributed by atoms with Crippen molar-refractivity contribution in [3.63, 3.8) is 0 Å². The lowest BCUT2D eigenvalue weighted by molar-refractivity contribution is -0.0503. The summed E-state index contributed by atoms with van der Waals surface area (Å²) in [4.78, 5) is 0. The van der Waals surface area contributed by atoms with Crippen molar-refractivity contribution in [3.8, 4) is 0 Å². The van der Waals surface area contributed by atoms with Crippen molar-refractivity contribution in [1.82, 2.24) is 5.32 Å². The molecular weight excluding hydrogens is 193 g/mol. The maximum atomic E-state index is 13.3. The van der Waals surface area contributed by atoms with E-state index < -0.39 is 0 Å². The molecule has 0 spiro atoms. The molecule has 2 rings (SSSR count). The highest BCUT2D eigenvalue weighted by molar-refractivity contribution is 5.29. The Morgan fingerprint density at radius 1 is 1.47 bits per heavy atom. The molecule has 15 heavy (non-hydrogen) atoms. The normalized spacial score (nSPS) is 18.6. The van der Waals surface area contributed by atoms with Gasteiger partial charge in [-0.05, 0) is 24.1 Å². The molecule has 0 atom stereocenters. The Morgan fingerprint density at radius 2 is 2.20 bits per heavy atom. The van der Waals surface area contributed by atoms with Crippen LogP contribution in [0.1, 0.15) is 11.1 Å². The van der Waals surface area contributed by atoms with E-state index in [1.54, 1.807) is 13.2 Å². The molecule has 0 aromatic heterocycles. The fraction of sp³-hybridized carbons (Fsp3) is 0.500. The quantitative estimate of drug-likeness (QED) is 0.817. The van der Waals surface area contributed by atoms with E-state index >= 15 is 0 Å². The van der Waals surface area contributed by atoms with Crippen LogP contribution >= 0.6 is 0 Å². The molecule has 0 unspecified atom stereocenters. The standard InChI is InChI=1S/C12H16FNO/c1-9-10(4-3-5-11(9)13)6-12(15-2)7-14-8-12/h3-5,14H,6-8H2,1-2H3. The van der Waals surface area contributed by atoms with Crippen LogP contribution in [0.25, 0.3) is 0 Å². The summed E-state index contributed by atoms with van der Waals surface area (Å²) in [6.07, 6.45) is 0.778. The summed E-state index contributed by atoms with van der Waals surface area (Å²) in [7, 11) is 1.72. The van der Waals surface area contributed by atoms with Crippen molar-refractivity contribution >= 4 is 0 Å². The Bertz CT molecular complexity index is 355. The minimum atomic E-state index is -0.133. The first-order chi connectivity index (χ1) is 7.17. The number of nitrogens with one attached hydrogen (secondary N) is 1. The van der Waals surface area contributed by atoms with Gasteiger partial charge in [-0.2, -0.15) is 0 Å². The lowest BCUT2D eigenvalue weighted by atomic mass is 9.87. The van der Waals surface area contributed by atoms with Gasteiger partial charge >= 0.3 is 0 Å². The average molecular weight is 209 g/mol. The highest BCUT2D eigenvalue weighted by Crippen LogP contribution is 2.24. The molecule has 1 aromatic carbocycles. The number of hydrogen-bond donors (Lipinski definition) is 1. The van der Waals surface area contributed by atoms with Crippen LogP contribution in [0.15, 0.2) is 18.2 Å². The lowest BCUT2D eigenvalue weighted by Gasteiger charge is -2.41. The minimum Gasteiger partial charge on any atom is -0.375 e. The van der Waals surface area contributed by atoms with Crippen molar-refractivity contribution in [2.24, 2.45) is 0 Å². The number of benzene rings is 1. The molecule has 0 bridgehead atoms. The van der Waals surface area contributed by atoms with E-state index in [4.69, 9.17) is 4.74 Å². The van der Waals surface area contributed by atoms with Crippen LogP contribution in [0.2, 0.25) is 0 Å². The molecule has 3 heteroatoms. The van der Waals surface area contributed by atoms with Crippen molar-refractivity contribution in [2.45, 2.75) is 18.9 Å². The Labute approximate surface area is 89.4 Å². The third-order valence-corrected chi connectivity index (χ3v) is 3.22. The van der Waals surface area contributed by atoms with Gasteiger partial charge < -0.3 is 10.1 Å². The first-order valence-corrected chi connectivity index (χ1v) is 5.17. The predicted molar refractivity (Wildman–Crippen MR) is 57.5 cm³/mol. The van der Waals surface area contributed by atoms with Crippen molar-refractivity contribution in [3.05, 3.63) is 35.1 Å². The number of hydrogen-bond acceptors (Lipinski definition) is 2. The van der Waals surface area contributed by atoms with Crippen LogP contribution in [0.4, 0.5) is 4.39 Å². The van der Waals surface area contributed by atoms with Crippen LogP contribution in [0.3, 0.4) is 0 Å². The van der Waals surface area contributed by atoms with E-state index in [2.05, 4.69) is 5.32 Å². The Balaban J connectivity index is 2.20. The fourth-order valence-electron chi connectivity index (χ4n) is 1.94. The number of halogens is 1. The minimum absolute atomic E-state index is 0.126. The van der Waals surface area contributed by atoms with Crippen LogP contribution in [-0.4, -0.2) is 25.8 Å². The van der Waals surface area contributed by atoms with Crippen LogP contribution in [0.5, 0.6) is 0 Å². The molecule has 1 fully saturated rings. The summed E-state index contributed by atoms with van der Waals surface area (Å²) >= 11 is 0. The molecular formula is C12H16FNO. The van der Waals surface area contributed by atoms with Gasteiger partial charge in [0.05, 0.1) is 5.60 Å². The average Bonchev–Trinajstić information content (AvgIpc) is 2.18. The molecule has 1 saturated heterocycles. The summed E-state index contributed by atoms with van der Waals surface area (Å²) in [5.41, 5.74) is 1.65. The molecule has 2 nitrogen and oxygen atoms in total. The van der Waals surface area contributed by atoms with Gasteiger partial charge in [0.1, 0.15) is 5.82 Å². The largest absolute Gasteiger partial charge is 0.375 e. The molecule has 1 aromatic rings. The zero-order valence-corrected chi connectivity index (χ0v) is 9.14. The van der Waals surface area contributed by atoms with E-state index in [1.165, 1.54) is 6.07 Å². The molecule has 0 aliphatic carbocycles. The molecule has 1 aliphatic heterocycles. The van der Waals surface area contributed by atoms with Gasteiger partial charge in [0, 0.05) is 26.6 Å². The van der Waals surface area contributed by atoms with E-state index in [-0.39, 0.29) is 11.4 Å². The maximum Gasteiger partial charge on any atom is 0.126 e. The second-order valence-corrected chi connectivity index (χ2v) is 4.19. The summed E-state index contributed by atoms with van der Waals surface area (Å²) in [5, 5.41) is 3.19. The van der Waals surface area contributed by atoms with Gasteiger partial charge in [0.25, 0.3) is 0 Å². The number of ether oxygens (including phenoxy) is 1. The molecule has 82 valence electrons. The highest BCUT2D eigenvalue weighted by Gasteiger charge is 2.37. The van der Waals surface area contributed by atoms with E-state index in [0.717, 1.165) is 30.6 Å². The number of methoxy groups -OCH3 is 1.